The van der Waals surface area contributed by atoms with Crippen molar-refractivity contribution in [3.63, 3.8) is 0 Å². The number of nitrogens with zero attached hydrogens (tertiary/aromatic N) is 1. The number of fused-ring (bicyclic) bond motifs is 2. The molecule has 0 aromatic heterocycles. The SMILES string of the molecule is C[C@@H](Oc1ccc(C(C)(C)C)cc1)C(=O)CC1=NCCc2cc3c(cc21)OCCCO3. The van der Waals surface area contributed by atoms with Gasteiger partial charge in [-0.2, -0.15) is 0 Å². The zero-order valence-electron chi connectivity index (χ0n) is 18.9. The van der Waals surface area contributed by atoms with Crippen molar-refractivity contribution >= 4 is 11.5 Å². The quantitative estimate of drug-likeness (QED) is 0.688. The van der Waals surface area contributed by atoms with E-state index in [0.717, 1.165) is 41.2 Å². The minimum absolute atomic E-state index is 0.0126. The van der Waals surface area contributed by atoms with Gasteiger partial charge in [-0.15, -0.1) is 0 Å². The molecule has 0 unspecified atom stereocenters. The van der Waals surface area contributed by atoms with Crippen LogP contribution in [0.5, 0.6) is 17.2 Å². The van der Waals surface area contributed by atoms with Crippen LogP contribution in [0.25, 0.3) is 0 Å². The van der Waals surface area contributed by atoms with E-state index in [9.17, 15) is 4.79 Å². The van der Waals surface area contributed by atoms with E-state index >= 15 is 0 Å². The molecule has 0 saturated carbocycles. The largest absolute Gasteiger partial charge is 0.490 e. The van der Waals surface area contributed by atoms with E-state index in [0.29, 0.717) is 25.5 Å². The summed E-state index contributed by atoms with van der Waals surface area (Å²) in [6.45, 7) is 10.3. The number of hydrogen-bond acceptors (Lipinski definition) is 5. The molecule has 2 aliphatic rings. The van der Waals surface area contributed by atoms with Gasteiger partial charge in [-0.25, -0.2) is 0 Å². The highest BCUT2D eigenvalue weighted by Crippen LogP contribution is 2.35. The first kappa shape index (κ1) is 21.4. The fraction of sp³-hybridized carbons (Fsp3) is 0.462. The Kier molecular flexibility index (Phi) is 6.03. The number of hydrogen-bond donors (Lipinski definition) is 0. The third kappa shape index (κ3) is 4.92. The van der Waals surface area contributed by atoms with Crippen molar-refractivity contribution in [1.82, 2.24) is 0 Å². The molecule has 5 nitrogen and oxygen atoms in total. The maximum atomic E-state index is 12.9. The topological polar surface area (TPSA) is 57.1 Å². The highest BCUT2D eigenvalue weighted by Gasteiger charge is 2.24. The standard InChI is InChI=1S/C26H31NO4/c1-17(31-20-8-6-19(7-9-20)26(2,3)4)23(28)16-22-21-15-25-24(29-12-5-13-30-25)14-18(21)10-11-27-22/h6-9,14-15,17H,5,10-13,16H2,1-4H3/t17-/m1/s1. The summed E-state index contributed by atoms with van der Waals surface area (Å²) in [5.41, 5.74) is 4.27. The average molecular weight is 422 g/mol. The minimum atomic E-state index is -0.547. The van der Waals surface area contributed by atoms with E-state index in [4.69, 9.17) is 14.2 Å². The lowest BCUT2D eigenvalue weighted by atomic mass is 9.87. The van der Waals surface area contributed by atoms with E-state index in [-0.39, 0.29) is 17.6 Å². The number of carbonyl (C=O) groups is 1. The minimum Gasteiger partial charge on any atom is -0.490 e. The zero-order chi connectivity index (χ0) is 22.0. The summed E-state index contributed by atoms with van der Waals surface area (Å²) in [6.07, 6.45) is 1.41. The molecule has 0 saturated heterocycles. The average Bonchev–Trinajstić information content (AvgIpc) is 2.97. The van der Waals surface area contributed by atoms with E-state index in [2.05, 4.69) is 37.9 Å². The smallest absolute Gasteiger partial charge is 0.178 e. The highest BCUT2D eigenvalue weighted by atomic mass is 16.5. The van der Waals surface area contributed by atoms with Crippen LogP contribution < -0.4 is 14.2 Å². The van der Waals surface area contributed by atoms with Crippen molar-refractivity contribution in [2.45, 2.75) is 58.5 Å². The van der Waals surface area contributed by atoms with E-state index in [1.165, 1.54) is 5.56 Å². The molecule has 164 valence electrons. The molecule has 2 aromatic carbocycles. The number of aliphatic imine (C=N–C) groups is 1. The summed E-state index contributed by atoms with van der Waals surface area (Å²) in [5, 5.41) is 0. The fourth-order valence-corrected chi connectivity index (χ4v) is 3.89. The van der Waals surface area contributed by atoms with Gasteiger partial charge < -0.3 is 14.2 Å². The van der Waals surface area contributed by atoms with Crippen LogP contribution in [-0.2, 0) is 16.6 Å². The van der Waals surface area contributed by atoms with Crippen LogP contribution in [0.4, 0.5) is 0 Å². The zero-order valence-corrected chi connectivity index (χ0v) is 18.9. The Bertz CT molecular complexity index is 986. The molecule has 0 radical (unpaired) electrons. The molecule has 0 amide bonds. The van der Waals surface area contributed by atoms with Crippen LogP contribution in [0.3, 0.4) is 0 Å². The molecular weight excluding hydrogens is 390 g/mol. The Morgan fingerprint density at radius 3 is 2.45 bits per heavy atom. The van der Waals surface area contributed by atoms with Crippen LogP contribution in [0.1, 0.15) is 57.2 Å². The van der Waals surface area contributed by atoms with Crippen LogP contribution in [-0.4, -0.2) is 37.4 Å². The third-order valence-electron chi connectivity index (χ3n) is 5.80. The van der Waals surface area contributed by atoms with Crippen LogP contribution in [0.15, 0.2) is 41.4 Å². The van der Waals surface area contributed by atoms with Crippen molar-refractivity contribution < 1.29 is 19.0 Å². The third-order valence-corrected chi connectivity index (χ3v) is 5.80. The number of ketones is 1. The lowest BCUT2D eigenvalue weighted by Crippen LogP contribution is -2.27. The van der Waals surface area contributed by atoms with Gasteiger partial charge in [-0.05, 0) is 54.2 Å². The summed E-state index contributed by atoms with van der Waals surface area (Å²) < 4.78 is 17.6. The van der Waals surface area contributed by atoms with Crippen LogP contribution in [0, 0.1) is 0 Å². The van der Waals surface area contributed by atoms with Gasteiger partial charge in [-0.1, -0.05) is 32.9 Å². The molecule has 0 aliphatic carbocycles. The highest BCUT2D eigenvalue weighted by molar-refractivity contribution is 6.13. The summed E-state index contributed by atoms with van der Waals surface area (Å²) in [4.78, 5) is 17.6. The van der Waals surface area contributed by atoms with Gasteiger partial charge in [0.25, 0.3) is 0 Å². The Morgan fingerprint density at radius 1 is 1.10 bits per heavy atom. The van der Waals surface area contributed by atoms with Gasteiger partial charge >= 0.3 is 0 Å². The van der Waals surface area contributed by atoms with Gasteiger partial charge in [0.1, 0.15) is 5.75 Å². The number of carbonyl (C=O) groups excluding carboxylic acids is 1. The molecule has 2 aromatic rings. The first-order valence-corrected chi connectivity index (χ1v) is 11.1. The van der Waals surface area contributed by atoms with Gasteiger partial charge in [-0.3, -0.25) is 9.79 Å². The van der Waals surface area contributed by atoms with Crippen LogP contribution >= 0.6 is 0 Å². The van der Waals surface area contributed by atoms with Crippen molar-refractivity contribution in [1.29, 1.82) is 0 Å². The summed E-state index contributed by atoms with van der Waals surface area (Å²) in [7, 11) is 0. The number of Topliss-reactive ketones (excluding diaryl/α,β-unsaturated/α-hetero) is 1. The van der Waals surface area contributed by atoms with Gasteiger partial charge in [0, 0.05) is 24.2 Å². The van der Waals surface area contributed by atoms with Crippen molar-refractivity contribution in [3.05, 3.63) is 53.1 Å². The molecule has 0 spiro atoms. The second kappa shape index (κ2) is 8.74. The van der Waals surface area contributed by atoms with Crippen LogP contribution in [0.2, 0.25) is 0 Å². The number of rotatable bonds is 5. The van der Waals surface area contributed by atoms with Crippen molar-refractivity contribution in [3.8, 4) is 17.2 Å². The number of benzene rings is 2. The van der Waals surface area contributed by atoms with E-state index in [1.54, 1.807) is 6.92 Å². The lowest BCUT2D eigenvalue weighted by molar-refractivity contribution is -0.123. The molecule has 0 bridgehead atoms. The Hall–Kier alpha value is -2.82. The number of ether oxygens (including phenoxy) is 3. The van der Waals surface area contributed by atoms with Gasteiger partial charge in [0.15, 0.2) is 23.4 Å². The molecule has 1 atom stereocenters. The molecule has 2 aliphatic heterocycles. The Balaban J connectivity index is 1.45. The van der Waals surface area contributed by atoms with E-state index < -0.39 is 6.10 Å². The summed E-state index contributed by atoms with van der Waals surface area (Å²) >= 11 is 0. The molecule has 0 fully saturated rings. The molecule has 31 heavy (non-hydrogen) atoms. The molecular formula is C26H31NO4. The predicted octanol–water partition coefficient (Wildman–Crippen LogP) is 4.92. The Labute approximate surface area is 184 Å². The second-order valence-electron chi connectivity index (χ2n) is 9.26. The predicted molar refractivity (Wildman–Crippen MR) is 122 cm³/mol. The molecule has 4 rings (SSSR count). The normalized spacial score (nSPS) is 16.6. The molecule has 5 heteroatoms. The van der Waals surface area contributed by atoms with Crippen molar-refractivity contribution in [2.75, 3.05) is 19.8 Å². The maximum absolute atomic E-state index is 12.9. The second-order valence-corrected chi connectivity index (χ2v) is 9.26. The summed E-state index contributed by atoms with van der Waals surface area (Å²) in [6, 6.07) is 12.0. The fourth-order valence-electron chi connectivity index (χ4n) is 3.89. The lowest BCUT2D eigenvalue weighted by Gasteiger charge is -2.21. The molecule has 2 heterocycles. The first-order chi connectivity index (χ1) is 14.8. The van der Waals surface area contributed by atoms with E-state index in [1.807, 2.05) is 24.3 Å². The summed E-state index contributed by atoms with van der Waals surface area (Å²) in [5.74, 6) is 2.25. The van der Waals surface area contributed by atoms with Gasteiger partial charge in [0.2, 0.25) is 0 Å². The molecule has 0 N–H and O–H groups in total. The van der Waals surface area contributed by atoms with Gasteiger partial charge in [0.05, 0.1) is 19.6 Å². The first-order valence-electron chi connectivity index (χ1n) is 11.1. The van der Waals surface area contributed by atoms with Crippen molar-refractivity contribution in [2.24, 2.45) is 4.99 Å². The Morgan fingerprint density at radius 2 is 1.77 bits per heavy atom. The monoisotopic (exact) mass is 421 g/mol. The maximum Gasteiger partial charge on any atom is 0.178 e.